The van der Waals surface area contributed by atoms with Gasteiger partial charge in [-0.2, -0.15) is 5.10 Å². The Balaban J connectivity index is 1.16. The molecule has 1 saturated heterocycles. The molecular formula is C31H41N9O2. The first-order valence-electron chi connectivity index (χ1n) is 14.9. The molecule has 42 heavy (non-hydrogen) atoms. The summed E-state index contributed by atoms with van der Waals surface area (Å²) in [5, 5.41) is 14.2. The van der Waals surface area contributed by atoms with E-state index in [0.29, 0.717) is 35.0 Å². The van der Waals surface area contributed by atoms with Crippen molar-refractivity contribution >= 4 is 28.9 Å². The molecule has 0 bridgehead atoms. The molecule has 1 saturated carbocycles. The number of hydrogen-bond acceptors (Lipinski definition) is 8. The highest BCUT2D eigenvalue weighted by atomic mass is 16.5. The number of nitrogen functional groups attached to an aromatic ring is 1. The third kappa shape index (κ3) is 5.84. The van der Waals surface area contributed by atoms with Crippen LogP contribution in [0.2, 0.25) is 0 Å². The summed E-state index contributed by atoms with van der Waals surface area (Å²) in [4.78, 5) is 22.0. The average Bonchev–Trinajstić information content (AvgIpc) is 3.60. The van der Waals surface area contributed by atoms with Gasteiger partial charge in [0.05, 0.1) is 0 Å². The van der Waals surface area contributed by atoms with E-state index in [1.54, 1.807) is 6.07 Å². The summed E-state index contributed by atoms with van der Waals surface area (Å²) in [6, 6.07) is 12.0. The summed E-state index contributed by atoms with van der Waals surface area (Å²) in [6.07, 6.45) is 6.20. The Labute approximate surface area is 246 Å². The van der Waals surface area contributed by atoms with E-state index >= 15 is 0 Å². The Morgan fingerprint density at radius 2 is 1.71 bits per heavy atom. The zero-order chi connectivity index (χ0) is 29.4. The van der Waals surface area contributed by atoms with Crippen LogP contribution in [0.15, 0.2) is 47.2 Å². The fourth-order valence-electron chi connectivity index (χ4n) is 6.23. The highest BCUT2D eigenvalue weighted by Crippen LogP contribution is 2.40. The zero-order valence-corrected chi connectivity index (χ0v) is 24.9. The van der Waals surface area contributed by atoms with Gasteiger partial charge >= 0.3 is 6.03 Å². The molecule has 0 atom stereocenters. The molecule has 222 valence electrons. The van der Waals surface area contributed by atoms with Crippen molar-refractivity contribution in [3.05, 3.63) is 54.2 Å². The van der Waals surface area contributed by atoms with Crippen LogP contribution in [0.25, 0.3) is 16.6 Å². The number of nitrogens with zero attached hydrogens (tertiary/aromatic N) is 6. The van der Waals surface area contributed by atoms with Gasteiger partial charge in [0, 0.05) is 66.6 Å². The summed E-state index contributed by atoms with van der Waals surface area (Å²) in [5.74, 6) is 1.95. The lowest BCUT2D eigenvalue weighted by Crippen LogP contribution is -2.49. The van der Waals surface area contributed by atoms with Gasteiger partial charge in [-0.25, -0.2) is 14.3 Å². The summed E-state index contributed by atoms with van der Waals surface area (Å²) >= 11 is 0. The first-order chi connectivity index (χ1) is 20.2. The molecule has 1 aromatic carbocycles. The number of urea groups is 1. The fraction of sp³-hybridized carbons (Fsp3) is 0.484. The van der Waals surface area contributed by atoms with E-state index in [2.05, 4.69) is 48.8 Å². The zero-order valence-electron chi connectivity index (χ0n) is 24.9. The van der Waals surface area contributed by atoms with E-state index in [1.807, 2.05) is 49.6 Å². The van der Waals surface area contributed by atoms with E-state index < -0.39 is 6.03 Å². The van der Waals surface area contributed by atoms with Crippen LogP contribution in [0, 0.1) is 0 Å². The second-order valence-electron chi connectivity index (χ2n) is 12.7. The third-order valence-corrected chi connectivity index (χ3v) is 8.72. The monoisotopic (exact) mass is 571 g/mol. The molecule has 0 unspecified atom stereocenters. The number of piperazine rings is 1. The van der Waals surface area contributed by atoms with Crippen molar-refractivity contribution in [3.8, 4) is 11.1 Å². The summed E-state index contributed by atoms with van der Waals surface area (Å²) in [6.45, 7) is 10.7. The van der Waals surface area contributed by atoms with E-state index in [4.69, 9.17) is 10.3 Å². The van der Waals surface area contributed by atoms with Crippen LogP contribution in [-0.4, -0.2) is 74.9 Å². The SMILES string of the molecule is CN1CCN([C@H]2CC[C@@H](c3cc(-c4ccc(NC(=O)Nc5cc(C(C)(C)C)on5)cc4)c4c(N)ncnn43)CC2)CC1. The Morgan fingerprint density at radius 3 is 2.38 bits per heavy atom. The highest BCUT2D eigenvalue weighted by molar-refractivity contribution is 5.99. The number of rotatable bonds is 5. The van der Waals surface area contributed by atoms with Gasteiger partial charge in [-0.3, -0.25) is 10.2 Å². The van der Waals surface area contributed by atoms with Crippen molar-refractivity contribution in [2.24, 2.45) is 0 Å². The number of aromatic nitrogens is 4. The molecule has 2 amide bonds. The molecule has 11 nitrogen and oxygen atoms in total. The van der Waals surface area contributed by atoms with Crippen molar-refractivity contribution in [2.75, 3.05) is 49.6 Å². The number of nitrogens with two attached hydrogens (primary N) is 1. The van der Waals surface area contributed by atoms with Crippen LogP contribution in [-0.2, 0) is 5.41 Å². The minimum Gasteiger partial charge on any atom is -0.382 e. The highest BCUT2D eigenvalue weighted by Gasteiger charge is 2.30. The second-order valence-corrected chi connectivity index (χ2v) is 12.7. The van der Waals surface area contributed by atoms with Gasteiger partial charge in [-0.05, 0) is 56.5 Å². The maximum absolute atomic E-state index is 12.6. The van der Waals surface area contributed by atoms with E-state index in [9.17, 15) is 4.79 Å². The molecule has 4 aromatic rings. The topological polar surface area (TPSA) is 130 Å². The van der Waals surface area contributed by atoms with Gasteiger partial charge in [-0.1, -0.05) is 38.1 Å². The number of carbonyl (C=O) groups is 1. The van der Waals surface area contributed by atoms with Crippen molar-refractivity contribution in [1.82, 2.24) is 29.6 Å². The van der Waals surface area contributed by atoms with Crippen molar-refractivity contribution in [2.45, 2.75) is 63.8 Å². The maximum atomic E-state index is 12.6. The van der Waals surface area contributed by atoms with E-state index in [1.165, 1.54) is 38.0 Å². The molecule has 0 spiro atoms. The number of amides is 2. The first kappa shape index (κ1) is 28.2. The molecule has 1 aliphatic carbocycles. The lowest BCUT2D eigenvalue weighted by molar-refractivity contribution is 0.0874. The molecule has 11 heteroatoms. The normalized spacial score (nSPS) is 20.6. The van der Waals surface area contributed by atoms with Crippen LogP contribution >= 0.6 is 0 Å². The van der Waals surface area contributed by atoms with Gasteiger partial charge in [0.1, 0.15) is 17.6 Å². The molecule has 1 aliphatic heterocycles. The molecule has 3 aromatic heterocycles. The number of nitrogens with one attached hydrogen (secondary N) is 2. The largest absolute Gasteiger partial charge is 0.382 e. The maximum Gasteiger partial charge on any atom is 0.324 e. The Kier molecular flexibility index (Phi) is 7.63. The Morgan fingerprint density at radius 1 is 1.00 bits per heavy atom. The van der Waals surface area contributed by atoms with Gasteiger partial charge in [0.25, 0.3) is 0 Å². The van der Waals surface area contributed by atoms with Gasteiger partial charge in [0.15, 0.2) is 11.6 Å². The standard InChI is InChI=1S/C31H41N9O2/c1-31(2,3)26-18-27(37-42-26)36-30(41)35-22-9-5-20(6-10-22)24-17-25(40-28(24)29(32)33-19-34-40)21-7-11-23(12-8-21)39-15-13-38(4)14-16-39/h5-6,9-10,17-19,21,23H,7-8,11-16H2,1-4H3,(H2,32,33,34)(H2,35,36,37,41)/t21-,23+. The number of hydrogen-bond donors (Lipinski definition) is 3. The van der Waals surface area contributed by atoms with Crippen molar-refractivity contribution in [3.63, 3.8) is 0 Å². The third-order valence-electron chi connectivity index (χ3n) is 8.72. The number of fused-ring (bicyclic) bond motifs is 1. The van der Waals surface area contributed by atoms with Gasteiger partial charge < -0.3 is 20.5 Å². The number of carbonyl (C=O) groups excluding carboxylic acids is 1. The number of anilines is 3. The van der Waals surface area contributed by atoms with E-state index in [0.717, 1.165) is 42.6 Å². The lowest BCUT2D eigenvalue weighted by Gasteiger charge is -2.41. The molecule has 4 heterocycles. The van der Waals surface area contributed by atoms with Crippen molar-refractivity contribution in [1.29, 1.82) is 0 Å². The van der Waals surface area contributed by atoms with Gasteiger partial charge in [0.2, 0.25) is 0 Å². The Bertz CT molecular complexity index is 1540. The minimum absolute atomic E-state index is 0.194. The fourth-order valence-corrected chi connectivity index (χ4v) is 6.23. The molecule has 0 radical (unpaired) electrons. The predicted octanol–water partition coefficient (Wildman–Crippen LogP) is 5.18. The summed E-state index contributed by atoms with van der Waals surface area (Å²) < 4.78 is 7.34. The summed E-state index contributed by atoms with van der Waals surface area (Å²) in [5.41, 5.74) is 10.9. The van der Waals surface area contributed by atoms with Crippen LogP contribution in [0.1, 0.15) is 63.8 Å². The summed E-state index contributed by atoms with van der Waals surface area (Å²) in [7, 11) is 2.21. The quantitative estimate of drug-likeness (QED) is 0.299. The average molecular weight is 572 g/mol. The predicted molar refractivity (Wildman–Crippen MR) is 165 cm³/mol. The van der Waals surface area contributed by atoms with Crippen LogP contribution < -0.4 is 16.4 Å². The molecule has 2 fully saturated rings. The molecule has 6 rings (SSSR count). The second kappa shape index (κ2) is 11.4. The lowest BCUT2D eigenvalue weighted by atomic mass is 9.83. The molecular weight excluding hydrogens is 530 g/mol. The number of likely N-dealkylation sites (N-methyl/N-ethyl adjacent to an activating group) is 1. The van der Waals surface area contributed by atoms with Crippen molar-refractivity contribution < 1.29 is 9.32 Å². The van der Waals surface area contributed by atoms with Gasteiger partial charge in [-0.15, -0.1) is 0 Å². The number of benzene rings is 1. The minimum atomic E-state index is -0.391. The molecule has 4 N–H and O–H groups in total. The van der Waals surface area contributed by atoms with E-state index in [-0.39, 0.29) is 5.41 Å². The van der Waals surface area contributed by atoms with Crippen LogP contribution in [0.3, 0.4) is 0 Å². The smallest absolute Gasteiger partial charge is 0.324 e. The van der Waals surface area contributed by atoms with Crippen LogP contribution in [0.4, 0.5) is 22.1 Å². The first-order valence-corrected chi connectivity index (χ1v) is 14.9. The molecule has 2 aliphatic rings. The van der Waals surface area contributed by atoms with Crippen LogP contribution in [0.5, 0.6) is 0 Å². The Hall–Kier alpha value is -3.96.